The van der Waals surface area contributed by atoms with Crippen molar-refractivity contribution >= 4 is 45.6 Å². The standard InChI is InChI=1S/C31H25N3O8S/c1-17-14-21(12-13-23(17)42-16-19-8-5-4-6-9-19)26(35)24-25(20-10-7-11-22(15-20)34(39)40)33(29(37)27(24)36)31-32-18(2)28(43-31)30(38)41-3/h4-15,25,35H,16H2,1-3H3/b26-24+/t25-/m0/s1. The number of ketones is 1. The fourth-order valence-corrected chi connectivity index (χ4v) is 5.78. The molecule has 1 saturated heterocycles. The van der Waals surface area contributed by atoms with Gasteiger partial charge in [0.25, 0.3) is 11.5 Å². The summed E-state index contributed by atoms with van der Waals surface area (Å²) in [5, 5.41) is 23.1. The summed E-state index contributed by atoms with van der Waals surface area (Å²) < 4.78 is 10.7. The number of non-ortho nitro benzene ring substituents is 1. The third-order valence-electron chi connectivity index (χ3n) is 6.89. The summed E-state index contributed by atoms with van der Waals surface area (Å²) >= 11 is 0.834. The number of aliphatic hydroxyl groups is 1. The molecule has 0 aliphatic carbocycles. The summed E-state index contributed by atoms with van der Waals surface area (Å²) in [7, 11) is 1.20. The lowest BCUT2D eigenvalue weighted by molar-refractivity contribution is -0.384. The van der Waals surface area contributed by atoms with E-state index in [1.54, 1.807) is 32.0 Å². The number of aromatic nitrogens is 1. The zero-order valence-corrected chi connectivity index (χ0v) is 24.1. The van der Waals surface area contributed by atoms with Crippen LogP contribution in [0, 0.1) is 24.0 Å². The number of amides is 1. The molecule has 1 fully saturated rings. The van der Waals surface area contributed by atoms with Crippen molar-refractivity contribution in [2.45, 2.75) is 26.5 Å². The number of anilines is 1. The number of thiazole rings is 1. The van der Waals surface area contributed by atoms with E-state index in [1.165, 1.54) is 31.4 Å². The first-order valence-electron chi connectivity index (χ1n) is 13.0. The number of Topliss-reactive ketones (excluding diaryl/α,β-unsaturated/α-hetero) is 1. The minimum absolute atomic E-state index is 0.00334. The molecule has 1 aliphatic rings. The van der Waals surface area contributed by atoms with Gasteiger partial charge in [-0.25, -0.2) is 9.78 Å². The van der Waals surface area contributed by atoms with Gasteiger partial charge in [-0.15, -0.1) is 0 Å². The van der Waals surface area contributed by atoms with Gasteiger partial charge in [0.05, 0.1) is 29.3 Å². The molecular weight excluding hydrogens is 574 g/mol. The summed E-state index contributed by atoms with van der Waals surface area (Å²) in [6, 6.07) is 18.6. The fraction of sp³-hybridized carbons (Fsp3) is 0.161. The summed E-state index contributed by atoms with van der Waals surface area (Å²) in [5.74, 6) is -2.61. The molecule has 218 valence electrons. The van der Waals surface area contributed by atoms with E-state index in [1.807, 2.05) is 30.3 Å². The quantitative estimate of drug-likeness (QED) is 0.0676. The van der Waals surface area contributed by atoms with Gasteiger partial charge in [-0.05, 0) is 48.7 Å². The van der Waals surface area contributed by atoms with Gasteiger partial charge in [0.1, 0.15) is 23.0 Å². The molecule has 0 unspecified atom stereocenters. The molecule has 1 amide bonds. The number of ether oxygens (including phenoxy) is 2. The van der Waals surface area contributed by atoms with Crippen molar-refractivity contribution in [3.05, 3.63) is 121 Å². The smallest absolute Gasteiger partial charge is 0.350 e. The molecule has 5 rings (SSSR count). The summed E-state index contributed by atoms with van der Waals surface area (Å²) in [6.45, 7) is 3.65. The van der Waals surface area contributed by atoms with Gasteiger partial charge in [-0.3, -0.25) is 24.6 Å². The molecule has 1 aromatic heterocycles. The van der Waals surface area contributed by atoms with Crippen LogP contribution in [-0.2, 0) is 20.9 Å². The van der Waals surface area contributed by atoms with Crippen LogP contribution in [0.5, 0.6) is 5.75 Å². The number of esters is 1. The minimum Gasteiger partial charge on any atom is -0.507 e. The van der Waals surface area contributed by atoms with Gasteiger partial charge in [-0.1, -0.05) is 53.8 Å². The average Bonchev–Trinajstić information content (AvgIpc) is 3.52. The molecule has 3 aromatic carbocycles. The SMILES string of the molecule is COC(=O)c1sc(N2C(=O)C(=O)/C(=C(/O)c3ccc(OCc4ccccc4)c(C)c3)[C@@H]2c2cccc([N+](=O)[O-])c2)nc1C. The number of carbonyl (C=O) groups is 3. The molecular formula is C31H25N3O8S. The van der Waals surface area contributed by atoms with Crippen molar-refractivity contribution in [1.29, 1.82) is 0 Å². The van der Waals surface area contributed by atoms with Crippen LogP contribution in [0.3, 0.4) is 0 Å². The monoisotopic (exact) mass is 599 g/mol. The summed E-state index contributed by atoms with van der Waals surface area (Å²) in [6.07, 6.45) is 0. The zero-order chi connectivity index (χ0) is 30.8. The van der Waals surface area contributed by atoms with E-state index in [9.17, 15) is 29.6 Å². The van der Waals surface area contributed by atoms with Crippen molar-refractivity contribution < 1.29 is 33.9 Å². The van der Waals surface area contributed by atoms with Gasteiger partial charge in [0.15, 0.2) is 5.13 Å². The zero-order valence-electron chi connectivity index (χ0n) is 23.3. The summed E-state index contributed by atoms with van der Waals surface area (Å²) in [4.78, 5) is 55.7. The first-order chi connectivity index (χ1) is 20.6. The van der Waals surface area contributed by atoms with Crippen LogP contribution in [0.2, 0.25) is 0 Å². The largest absolute Gasteiger partial charge is 0.507 e. The minimum atomic E-state index is -1.27. The molecule has 1 atom stereocenters. The van der Waals surface area contributed by atoms with Crippen LogP contribution < -0.4 is 9.64 Å². The van der Waals surface area contributed by atoms with E-state index in [2.05, 4.69) is 4.98 Å². The Hall–Kier alpha value is -5.36. The highest BCUT2D eigenvalue weighted by atomic mass is 32.1. The van der Waals surface area contributed by atoms with Crippen LogP contribution in [-0.4, -0.2) is 39.8 Å². The Morgan fingerprint density at radius 3 is 2.49 bits per heavy atom. The highest BCUT2D eigenvalue weighted by Crippen LogP contribution is 2.44. The van der Waals surface area contributed by atoms with Gasteiger partial charge in [0, 0.05) is 17.7 Å². The van der Waals surface area contributed by atoms with Crippen LogP contribution in [0.1, 0.15) is 43.7 Å². The molecule has 0 saturated carbocycles. The third kappa shape index (κ3) is 5.60. The second-order valence-corrected chi connectivity index (χ2v) is 10.7. The Morgan fingerprint density at radius 1 is 1.07 bits per heavy atom. The lowest BCUT2D eigenvalue weighted by atomic mass is 9.94. The number of methoxy groups -OCH3 is 1. The molecule has 1 aliphatic heterocycles. The predicted molar refractivity (Wildman–Crippen MR) is 158 cm³/mol. The van der Waals surface area contributed by atoms with Gasteiger partial charge in [0.2, 0.25) is 0 Å². The van der Waals surface area contributed by atoms with E-state index in [4.69, 9.17) is 9.47 Å². The maximum Gasteiger partial charge on any atom is 0.350 e. The van der Waals surface area contributed by atoms with Gasteiger partial charge in [-0.2, -0.15) is 0 Å². The summed E-state index contributed by atoms with van der Waals surface area (Å²) in [5.41, 5.74) is 1.79. The van der Waals surface area contributed by atoms with Crippen molar-refractivity contribution in [2.24, 2.45) is 0 Å². The Balaban J connectivity index is 1.60. The van der Waals surface area contributed by atoms with Crippen LogP contribution in [0.4, 0.5) is 10.8 Å². The van der Waals surface area contributed by atoms with Gasteiger partial charge >= 0.3 is 11.9 Å². The second-order valence-electron chi connectivity index (χ2n) is 9.68. The molecule has 11 nitrogen and oxygen atoms in total. The lowest BCUT2D eigenvalue weighted by Gasteiger charge is -2.23. The number of nitrogens with zero attached hydrogens (tertiary/aromatic N) is 3. The third-order valence-corrected chi connectivity index (χ3v) is 8.03. The maximum atomic E-state index is 13.5. The van der Waals surface area contributed by atoms with Crippen molar-refractivity contribution in [3.8, 4) is 5.75 Å². The molecule has 4 aromatic rings. The van der Waals surface area contributed by atoms with Crippen LogP contribution >= 0.6 is 11.3 Å². The number of nitro benzene ring substituents is 1. The number of rotatable bonds is 8. The molecule has 0 radical (unpaired) electrons. The Labute approximate surface area is 249 Å². The second kappa shape index (κ2) is 11.9. The molecule has 12 heteroatoms. The lowest BCUT2D eigenvalue weighted by Crippen LogP contribution is -2.29. The van der Waals surface area contributed by atoms with Crippen LogP contribution in [0.15, 0.2) is 78.4 Å². The molecule has 1 N–H and O–H groups in total. The Morgan fingerprint density at radius 2 is 1.81 bits per heavy atom. The molecule has 2 heterocycles. The van der Waals surface area contributed by atoms with E-state index < -0.39 is 34.4 Å². The van der Waals surface area contributed by atoms with Crippen molar-refractivity contribution in [1.82, 2.24) is 4.98 Å². The molecule has 0 bridgehead atoms. The first kappa shape index (κ1) is 29.1. The molecule has 43 heavy (non-hydrogen) atoms. The first-order valence-corrected chi connectivity index (χ1v) is 13.8. The number of aliphatic hydroxyl groups excluding tert-OH is 1. The van der Waals surface area contributed by atoms with Crippen molar-refractivity contribution in [2.75, 3.05) is 12.0 Å². The fourth-order valence-electron chi connectivity index (χ4n) is 4.77. The number of hydrogen-bond donors (Lipinski definition) is 1. The number of nitro groups is 1. The average molecular weight is 600 g/mol. The number of aryl methyl sites for hydroxylation is 2. The Kier molecular flexibility index (Phi) is 8.04. The van der Waals surface area contributed by atoms with Crippen LogP contribution in [0.25, 0.3) is 5.76 Å². The number of hydrogen-bond acceptors (Lipinski definition) is 10. The van der Waals surface area contributed by atoms with E-state index >= 15 is 0 Å². The highest BCUT2D eigenvalue weighted by Gasteiger charge is 2.48. The predicted octanol–water partition coefficient (Wildman–Crippen LogP) is 5.66. The highest BCUT2D eigenvalue weighted by molar-refractivity contribution is 7.17. The Bertz CT molecular complexity index is 1800. The van der Waals surface area contributed by atoms with E-state index in [0.29, 0.717) is 17.9 Å². The number of carbonyl (C=O) groups excluding carboxylic acids is 3. The molecule has 0 spiro atoms. The normalized spacial score (nSPS) is 15.9. The van der Waals surface area contributed by atoms with Gasteiger partial charge < -0.3 is 14.6 Å². The number of benzene rings is 3. The van der Waals surface area contributed by atoms with Crippen molar-refractivity contribution in [3.63, 3.8) is 0 Å². The maximum absolute atomic E-state index is 13.5. The van der Waals surface area contributed by atoms with E-state index in [-0.39, 0.29) is 38.1 Å². The van der Waals surface area contributed by atoms with E-state index in [0.717, 1.165) is 21.8 Å². The topological polar surface area (TPSA) is 149 Å².